The van der Waals surface area contributed by atoms with E-state index in [1.54, 1.807) is 26.0 Å². The molecule has 0 radical (unpaired) electrons. The number of hydrogen-bond donors (Lipinski definition) is 0. The van der Waals surface area contributed by atoms with Gasteiger partial charge < -0.3 is 9.47 Å². The third-order valence-corrected chi connectivity index (χ3v) is 5.41. The van der Waals surface area contributed by atoms with Crippen LogP contribution in [-0.4, -0.2) is 40.6 Å². The normalized spacial score (nSPS) is 13.1. The van der Waals surface area contributed by atoms with E-state index in [0.29, 0.717) is 22.9 Å². The molecule has 6 nitrogen and oxygen atoms in total. The van der Waals surface area contributed by atoms with Crippen LogP contribution in [0.25, 0.3) is 0 Å². The van der Waals surface area contributed by atoms with Gasteiger partial charge in [0.05, 0.1) is 19.9 Å². The van der Waals surface area contributed by atoms with Gasteiger partial charge in [0, 0.05) is 17.2 Å². The van der Waals surface area contributed by atoms with Gasteiger partial charge in [0.15, 0.2) is 17.3 Å². The van der Waals surface area contributed by atoms with Crippen molar-refractivity contribution in [1.29, 1.82) is 0 Å². The number of fused-ring (bicyclic) bond motifs is 1. The van der Waals surface area contributed by atoms with Crippen LogP contribution >= 0.6 is 23.4 Å². The van der Waals surface area contributed by atoms with Crippen LogP contribution in [0.5, 0.6) is 11.5 Å². The summed E-state index contributed by atoms with van der Waals surface area (Å²) >= 11 is 7.61. The highest BCUT2D eigenvalue weighted by Gasteiger charge is 2.20. The molecule has 0 saturated heterocycles. The molecule has 138 valence electrons. The van der Waals surface area contributed by atoms with E-state index in [4.69, 9.17) is 26.2 Å². The molecule has 0 N–H and O–H groups in total. The summed E-state index contributed by atoms with van der Waals surface area (Å²) in [4.78, 5) is 0. The third kappa shape index (κ3) is 3.65. The number of nitrogens with zero attached hydrogens (tertiary/aromatic N) is 4. The standard InChI is InChI=1S/C19H17ClN4O2S/c1-25-16-8-3-12(9-17(16)26-2)10-18-21-22-19-24(18)23-15(11-27-19)13-4-6-14(20)7-5-13/h3-9H,10-11H2,1-2H3. The SMILES string of the molecule is COc1ccc(Cc2nnc3n2N=C(c2ccc(Cl)cc2)CS3)cc1OC. The molecule has 4 rings (SSSR count). The van der Waals surface area contributed by atoms with E-state index >= 15 is 0 Å². The van der Waals surface area contributed by atoms with Gasteiger partial charge in [0.1, 0.15) is 0 Å². The van der Waals surface area contributed by atoms with Crippen molar-refractivity contribution in [2.75, 3.05) is 20.0 Å². The predicted octanol–water partition coefficient (Wildman–Crippen LogP) is 3.90. The molecular weight excluding hydrogens is 384 g/mol. The number of hydrogen-bond acceptors (Lipinski definition) is 6. The zero-order valence-corrected chi connectivity index (χ0v) is 16.4. The van der Waals surface area contributed by atoms with Crippen LogP contribution in [-0.2, 0) is 6.42 Å². The van der Waals surface area contributed by atoms with Gasteiger partial charge in [0.2, 0.25) is 5.16 Å². The number of thioether (sulfide) groups is 1. The van der Waals surface area contributed by atoms with Crippen LogP contribution in [0.15, 0.2) is 52.7 Å². The molecule has 1 aliphatic heterocycles. The molecule has 2 heterocycles. The lowest BCUT2D eigenvalue weighted by Crippen LogP contribution is -2.14. The molecule has 27 heavy (non-hydrogen) atoms. The van der Waals surface area contributed by atoms with Crippen molar-refractivity contribution in [3.63, 3.8) is 0 Å². The fourth-order valence-corrected chi connectivity index (χ4v) is 3.82. The van der Waals surface area contributed by atoms with Crippen LogP contribution < -0.4 is 9.47 Å². The summed E-state index contributed by atoms with van der Waals surface area (Å²) in [5.41, 5.74) is 3.06. The van der Waals surface area contributed by atoms with E-state index < -0.39 is 0 Å². The van der Waals surface area contributed by atoms with Gasteiger partial charge in [0.25, 0.3) is 0 Å². The molecule has 8 heteroatoms. The predicted molar refractivity (Wildman–Crippen MR) is 106 cm³/mol. The van der Waals surface area contributed by atoms with Crippen LogP contribution in [0.1, 0.15) is 17.0 Å². The van der Waals surface area contributed by atoms with E-state index in [0.717, 1.165) is 33.6 Å². The quantitative estimate of drug-likeness (QED) is 0.650. The largest absolute Gasteiger partial charge is 0.493 e. The summed E-state index contributed by atoms with van der Waals surface area (Å²) in [6, 6.07) is 13.5. The van der Waals surface area contributed by atoms with Crippen molar-refractivity contribution < 1.29 is 9.47 Å². The maximum Gasteiger partial charge on any atom is 0.212 e. The Hall–Kier alpha value is -2.51. The maximum absolute atomic E-state index is 5.99. The molecule has 1 aromatic heterocycles. The Morgan fingerprint density at radius 2 is 1.81 bits per heavy atom. The van der Waals surface area contributed by atoms with Gasteiger partial charge >= 0.3 is 0 Å². The molecule has 0 aliphatic carbocycles. The highest BCUT2D eigenvalue weighted by Crippen LogP contribution is 2.29. The summed E-state index contributed by atoms with van der Waals surface area (Å²) in [5.74, 6) is 2.91. The van der Waals surface area contributed by atoms with Crippen LogP contribution in [0.3, 0.4) is 0 Å². The van der Waals surface area contributed by atoms with E-state index in [1.165, 1.54) is 0 Å². The van der Waals surface area contributed by atoms with Gasteiger partial charge in [-0.25, -0.2) is 0 Å². The lowest BCUT2D eigenvalue weighted by Gasteiger charge is -2.14. The van der Waals surface area contributed by atoms with Gasteiger partial charge in [-0.1, -0.05) is 41.6 Å². The zero-order chi connectivity index (χ0) is 18.8. The summed E-state index contributed by atoms with van der Waals surface area (Å²) in [7, 11) is 3.25. The number of ether oxygens (including phenoxy) is 2. The first-order chi connectivity index (χ1) is 13.2. The van der Waals surface area contributed by atoms with E-state index in [2.05, 4.69) is 10.2 Å². The average Bonchev–Trinajstić information content (AvgIpc) is 3.10. The van der Waals surface area contributed by atoms with Crippen molar-refractivity contribution >= 4 is 29.1 Å². The van der Waals surface area contributed by atoms with Crippen LogP contribution in [0.2, 0.25) is 5.02 Å². The number of benzene rings is 2. The number of methoxy groups -OCH3 is 2. The summed E-state index contributed by atoms with van der Waals surface area (Å²) in [6.45, 7) is 0. The fraction of sp³-hybridized carbons (Fsp3) is 0.211. The monoisotopic (exact) mass is 400 g/mol. The fourth-order valence-electron chi connectivity index (χ4n) is 2.84. The lowest BCUT2D eigenvalue weighted by molar-refractivity contribution is 0.354. The smallest absolute Gasteiger partial charge is 0.212 e. The second kappa shape index (κ2) is 7.62. The molecule has 3 aromatic rings. The Kier molecular flexibility index (Phi) is 5.05. The second-order valence-corrected chi connectivity index (χ2v) is 7.30. The van der Waals surface area contributed by atoms with Gasteiger partial charge in [-0.15, -0.1) is 10.2 Å². The van der Waals surface area contributed by atoms with E-state index in [-0.39, 0.29) is 0 Å². The highest BCUT2D eigenvalue weighted by atomic mass is 35.5. The van der Waals surface area contributed by atoms with Crippen LogP contribution in [0, 0.1) is 0 Å². The van der Waals surface area contributed by atoms with Crippen molar-refractivity contribution in [1.82, 2.24) is 14.9 Å². The van der Waals surface area contributed by atoms with Crippen molar-refractivity contribution in [3.05, 3.63) is 64.4 Å². The topological polar surface area (TPSA) is 61.5 Å². The zero-order valence-electron chi connectivity index (χ0n) is 14.8. The minimum absolute atomic E-state index is 0.589. The Bertz CT molecular complexity index is 1000. The summed E-state index contributed by atoms with van der Waals surface area (Å²) < 4.78 is 12.5. The number of halogens is 1. The lowest BCUT2D eigenvalue weighted by atomic mass is 10.1. The van der Waals surface area contributed by atoms with Gasteiger partial charge in [-0.05, 0) is 35.4 Å². The number of rotatable bonds is 5. The molecule has 0 fully saturated rings. The van der Waals surface area contributed by atoms with Gasteiger partial charge in [-0.3, -0.25) is 0 Å². The molecule has 1 aliphatic rings. The molecule has 0 amide bonds. The summed E-state index contributed by atoms with van der Waals surface area (Å²) in [6.07, 6.45) is 0.589. The Morgan fingerprint density at radius 3 is 2.56 bits per heavy atom. The minimum atomic E-state index is 0.589. The maximum atomic E-state index is 5.99. The molecule has 0 bridgehead atoms. The Morgan fingerprint density at radius 1 is 1.04 bits per heavy atom. The molecular formula is C19H17ClN4O2S. The van der Waals surface area contributed by atoms with Gasteiger partial charge in [-0.2, -0.15) is 9.78 Å². The average molecular weight is 401 g/mol. The first-order valence-electron chi connectivity index (χ1n) is 8.29. The van der Waals surface area contributed by atoms with Crippen molar-refractivity contribution in [2.45, 2.75) is 11.6 Å². The molecule has 0 spiro atoms. The van der Waals surface area contributed by atoms with E-state index in [1.807, 2.05) is 47.1 Å². The molecule has 2 aromatic carbocycles. The second-order valence-electron chi connectivity index (χ2n) is 5.92. The Balaban J connectivity index is 1.64. The van der Waals surface area contributed by atoms with Crippen molar-refractivity contribution in [3.8, 4) is 11.5 Å². The minimum Gasteiger partial charge on any atom is -0.493 e. The van der Waals surface area contributed by atoms with Crippen molar-refractivity contribution in [2.24, 2.45) is 5.10 Å². The first-order valence-corrected chi connectivity index (χ1v) is 9.66. The highest BCUT2D eigenvalue weighted by molar-refractivity contribution is 7.99. The molecule has 0 atom stereocenters. The van der Waals surface area contributed by atoms with E-state index in [9.17, 15) is 0 Å². The molecule has 0 saturated carbocycles. The van der Waals surface area contributed by atoms with Crippen LogP contribution in [0.4, 0.5) is 0 Å². The Labute approximate surface area is 166 Å². The first kappa shape index (κ1) is 17.9. The summed E-state index contributed by atoms with van der Waals surface area (Å²) in [5, 5.41) is 14.9. The third-order valence-electron chi connectivity index (χ3n) is 4.22. The number of aromatic nitrogens is 3. The molecule has 0 unspecified atom stereocenters.